The van der Waals surface area contributed by atoms with Gasteiger partial charge in [-0.1, -0.05) is 30.3 Å². The minimum absolute atomic E-state index is 0.212. The van der Waals surface area contributed by atoms with E-state index in [9.17, 15) is 9.18 Å². The van der Waals surface area contributed by atoms with Crippen LogP contribution in [0.4, 0.5) is 4.39 Å². The van der Waals surface area contributed by atoms with E-state index in [-0.39, 0.29) is 24.1 Å². The van der Waals surface area contributed by atoms with Gasteiger partial charge in [0.05, 0.1) is 0 Å². The minimum Gasteiger partial charge on any atom is -0.486 e. The van der Waals surface area contributed by atoms with Crippen molar-refractivity contribution in [3.05, 3.63) is 89.6 Å². The van der Waals surface area contributed by atoms with E-state index in [4.69, 9.17) is 9.15 Å². The number of benzene rings is 2. The molecule has 0 unspecified atom stereocenters. The number of hydrogen-bond donors (Lipinski definition) is 1. The smallest absolute Gasteiger partial charge is 0.287 e. The summed E-state index contributed by atoms with van der Waals surface area (Å²) in [6.07, 6.45) is 0. The summed E-state index contributed by atoms with van der Waals surface area (Å²) < 4.78 is 23.9. The SMILES string of the molecule is O=C(NCc1ccc(F)cc1)c1ccc(COc2ccccc2)o1. The summed E-state index contributed by atoms with van der Waals surface area (Å²) in [5.41, 5.74) is 0.809. The molecule has 0 aliphatic rings. The maximum absolute atomic E-state index is 12.8. The average molecular weight is 325 g/mol. The molecule has 2 aromatic carbocycles. The molecule has 0 atom stereocenters. The highest BCUT2D eigenvalue weighted by molar-refractivity contribution is 5.91. The van der Waals surface area contributed by atoms with E-state index in [0.717, 1.165) is 11.3 Å². The quantitative estimate of drug-likeness (QED) is 0.747. The largest absolute Gasteiger partial charge is 0.486 e. The number of para-hydroxylation sites is 1. The summed E-state index contributed by atoms with van der Waals surface area (Å²) in [5.74, 6) is 0.871. The Morgan fingerprint density at radius 1 is 1.00 bits per heavy atom. The highest BCUT2D eigenvalue weighted by Crippen LogP contribution is 2.14. The van der Waals surface area contributed by atoms with Crippen molar-refractivity contribution in [3.8, 4) is 5.75 Å². The van der Waals surface area contributed by atoms with Gasteiger partial charge in [0.2, 0.25) is 0 Å². The van der Waals surface area contributed by atoms with E-state index in [0.29, 0.717) is 12.3 Å². The van der Waals surface area contributed by atoms with Crippen molar-refractivity contribution in [2.75, 3.05) is 0 Å². The molecule has 1 heterocycles. The van der Waals surface area contributed by atoms with Crippen LogP contribution in [-0.4, -0.2) is 5.91 Å². The van der Waals surface area contributed by atoms with Gasteiger partial charge in [-0.05, 0) is 42.0 Å². The Labute approximate surface area is 138 Å². The molecule has 0 aliphatic heterocycles. The van der Waals surface area contributed by atoms with Crippen molar-refractivity contribution in [1.29, 1.82) is 0 Å². The highest BCUT2D eigenvalue weighted by Gasteiger charge is 2.11. The van der Waals surface area contributed by atoms with Gasteiger partial charge in [0, 0.05) is 6.54 Å². The first-order valence-corrected chi connectivity index (χ1v) is 7.50. The van der Waals surface area contributed by atoms with Gasteiger partial charge < -0.3 is 14.5 Å². The van der Waals surface area contributed by atoms with Crippen molar-refractivity contribution in [1.82, 2.24) is 5.32 Å². The second-order valence-corrected chi connectivity index (χ2v) is 5.18. The maximum atomic E-state index is 12.8. The third kappa shape index (κ3) is 4.23. The van der Waals surface area contributed by atoms with Crippen LogP contribution in [0.25, 0.3) is 0 Å². The zero-order chi connectivity index (χ0) is 16.8. The third-order valence-electron chi connectivity index (χ3n) is 3.38. The van der Waals surface area contributed by atoms with Crippen LogP contribution < -0.4 is 10.1 Å². The number of halogens is 1. The Morgan fingerprint density at radius 3 is 2.50 bits per heavy atom. The molecule has 0 saturated heterocycles. The van der Waals surface area contributed by atoms with Gasteiger partial charge in [-0.3, -0.25) is 4.79 Å². The minimum atomic E-state index is -0.328. The lowest BCUT2D eigenvalue weighted by atomic mass is 10.2. The number of amides is 1. The number of carbonyl (C=O) groups is 1. The number of nitrogens with one attached hydrogen (secondary N) is 1. The van der Waals surface area contributed by atoms with Crippen molar-refractivity contribution in [3.63, 3.8) is 0 Å². The average Bonchev–Trinajstić information content (AvgIpc) is 3.09. The van der Waals surface area contributed by atoms with E-state index < -0.39 is 0 Å². The summed E-state index contributed by atoms with van der Waals surface area (Å²) in [6.45, 7) is 0.547. The Hall–Kier alpha value is -3.08. The van der Waals surface area contributed by atoms with E-state index >= 15 is 0 Å². The molecule has 3 aromatic rings. The molecule has 1 aromatic heterocycles. The third-order valence-corrected chi connectivity index (χ3v) is 3.38. The number of ether oxygens (including phenoxy) is 1. The molecule has 1 amide bonds. The summed E-state index contributed by atoms with van der Waals surface area (Å²) in [6, 6.07) is 18.6. The Morgan fingerprint density at radius 2 is 1.75 bits per heavy atom. The molecule has 122 valence electrons. The van der Waals surface area contributed by atoms with Gasteiger partial charge in [0.25, 0.3) is 5.91 Å². The van der Waals surface area contributed by atoms with E-state index in [1.807, 2.05) is 30.3 Å². The van der Waals surface area contributed by atoms with E-state index in [2.05, 4.69) is 5.32 Å². The molecular formula is C19H16FNO3. The number of rotatable bonds is 6. The monoisotopic (exact) mass is 325 g/mol. The van der Waals surface area contributed by atoms with Gasteiger partial charge >= 0.3 is 0 Å². The molecule has 3 rings (SSSR count). The van der Waals surface area contributed by atoms with Crippen molar-refractivity contribution < 1.29 is 18.3 Å². The number of carbonyl (C=O) groups excluding carboxylic acids is 1. The van der Waals surface area contributed by atoms with E-state index in [1.54, 1.807) is 24.3 Å². The van der Waals surface area contributed by atoms with Crippen LogP contribution in [0.2, 0.25) is 0 Å². The molecule has 0 saturated carbocycles. The van der Waals surface area contributed by atoms with Gasteiger partial charge in [-0.2, -0.15) is 0 Å². The second-order valence-electron chi connectivity index (χ2n) is 5.18. The standard InChI is InChI=1S/C19H16FNO3/c20-15-8-6-14(7-9-15)12-21-19(22)18-11-10-17(24-18)13-23-16-4-2-1-3-5-16/h1-11H,12-13H2,(H,21,22). The number of hydrogen-bond acceptors (Lipinski definition) is 3. The first kappa shape index (κ1) is 15.8. The molecule has 5 heteroatoms. The maximum Gasteiger partial charge on any atom is 0.287 e. The molecule has 0 spiro atoms. The zero-order valence-electron chi connectivity index (χ0n) is 12.9. The lowest BCUT2D eigenvalue weighted by Crippen LogP contribution is -2.22. The van der Waals surface area contributed by atoms with Crippen LogP contribution in [0, 0.1) is 5.82 Å². The molecule has 0 bridgehead atoms. The highest BCUT2D eigenvalue weighted by atomic mass is 19.1. The fourth-order valence-electron chi connectivity index (χ4n) is 2.12. The normalized spacial score (nSPS) is 10.4. The van der Waals surface area contributed by atoms with Crippen LogP contribution in [0.5, 0.6) is 5.75 Å². The van der Waals surface area contributed by atoms with E-state index in [1.165, 1.54) is 12.1 Å². The van der Waals surface area contributed by atoms with Crippen LogP contribution in [0.3, 0.4) is 0 Å². The first-order chi connectivity index (χ1) is 11.7. The van der Waals surface area contributed by atoms with Crippen LogP contribution in [-0.2, 0) is 13.2 Å². The topological polar surface area (TPSA) is 51.5 Å². The molecule has 24 heavy (non-hydrogen) atoms. The lowest BCUT2D eigenvalue weighted by molar-refractivity contribution is 0.0919. The predicted octanol–water partition coefficient (Wildman–Crippen LogP) is 3.93. The van der Waals surface area contributed by atoms with Crippen LogP contribution in [0.1, 0.15) is 21.9 Å². The van der Waals surface area contributed by atoms with Gasteiger partial charge in [-0.25, -0.2) is 4.39 Å². The molecular weight excluding hydrogens is 309 g/mol. The molecule has 0 radical (unpaired) electrons. The summed E-state index contributed by atoms with van der Waals surface area (Å²) in [5, 5.41) is 2.73. The molecule has 0 fully saturated rings. The molecule has 1 N–H and O–H groups in total. The fourth-order valence-corrected chi connectivity index (χ4v) is 2.12. The molecule has 0 aliphatic carbocycles. The van der Waals surface area contributed by atoms with Crippen LogP contribution >= 0.6 is 0 Å². The first-order valence-electron chi connectivity index (χ1n) is 7.50. The summed E-state index contributed by atoms with van der Waals surface area (Å²) in [7, 11) is 0. The fraction of sp³-hybridized carbons (Fsp3) is 0.105. The number of furan rings is 1. The van der Waals surface area contributed by atoms with Crippen molar-refractivity contribution in [2.24, 2.45) is 0 Å². The van der Waals surface area contributed by atoms with Crippen molar-refractivity contribution in [2.45, 2.75) is 13.2 Å². The van der Waals surface area contributed by atoms with Gasteiger partial charge in [-0.15, -0.1) is 0 Å². The Bertz CT molecular complexity index is 797. The second kappa shape index (κ2) is 7.46. The van der Waals surface area contributed by atoms with Gasteiger partial charge in [0.15, 0.2) is 5.76 Å². The summed E-state index contributed by atoms with van der Waals surface area (Å²) in [4.78, 5) is 12.1. The predicted molar refractivity (Wildman–Crippen MR) is 87.1 cm³/mol. The van der Waals surface area contributed by atoms with Crippen molar-refractivity contribution >= 4 is 5.91 Å². The van der Waals surface area contributed by atoms with Gasteiger partial charge in [0.1, 0.15) is 23.9 Å². The molecule has 4 nitrogen and oxygen atoms in total. The summed E-state index contributed by atoms with van der Waals surface area (Å²) >= 11 is 0. The Balaban J connectivity index is 1.52. The lowest BCUT2D eigenvalue weighted by Gasteiger charge is -2.04. The Kier molecular flexibility index (Phi) is 4.91. The van der Waals surface area contributed by atoms with Crippen LogP contribution in [0.15, 0.2) is 71.1 Å². The zero-order valence-corrected chi connectivity index (χ0v) is 12.9.